The molecule has 2 heterocycles. The van der Waals surface area contributed by atoms with Gasteiger partial charge in [0.2, 0.25) is 5.91 Å². The molecule has 0 saturated carbocycles. The van der Waals surface area contributed by atoms with Crippen LogP contribution in [0.15, 0.2) is 45.7 Å². The minimum absolute atomic E-state index is 0.0309. The van der Waals surface area contributed by atoms with Crippen LogP contribution in [-0.2, 0) is 4.79 Å². The van der Waals surface area contributed by atoms with Gasteiger partial charge in [-0.3, -0.25) is 14.9 Å². The number of aromatic nitrogens is 2. The molecular formula is C18H18N4O3S2. The summed E-state index contributed by atoms with van der Waals surface area (Å²) in [5.74, 6) is -0.492. The molecule has 0 aliphatic heterocycles. The van der Waals surface area contributed by atoms with Crippen LogP contribution in [-0.4, -0.2) is 33.7 Å². The van der Waals surface area contributed by atoms with Gasteiger partial charge in [-0.05, 0) is 19.4 Å². The number of hydrogen-bond acceptors (Lipinski definition) is 6. The van der Waals surface area contributed by atoms with Gasteiger partial charge >= 0.3 is 6.03 Å². The van der Waals surface area contributed by atoms with Gasteiger partial charge in [-0.1, -0.05) is 42.1 Å². The van der Waals surface area contributed by atoms with Crippen molar-refractivity contribution < 1.29 is 9.59 Å². The van der Waals surface area contributed by atoms with Crippen LogP contribution < -0.4 is 16.2 Å². The van der Waals surface area contributed by atoms with Gasteiger partial charge in [0.1, 0.15) is 4.83 Å². The van der Waals surface area contributed by atoms with Crippen molar-refractivity contribution in [3.63, 3.8) is 0 Å². The number of nitrogens with one attached hydrogen (secondary N) is 3. The molecule has 0 radical (unpaired) electrons. The van der Waals surface area contributed by atoms with E-state index in [9.17, 15) is 14.4 Å². The van der Waals surface area contributed by atoms with E-state index in [-0.39, 0.29) is 17.4 Å². The summed E-state index contributed by atoms with van der Waals surface area (Å²) in [6, 6.07) is 9.02. The molecule has 7 nitrogen and oxygen atoms in total. The summed E-state index contributed by atoms with van der Waals surface area (Å²) in [6.45, 7) is 3.60. The lowest BCUT2D eigenvalue weighted by molar-refractivity contribution is -0.117. The van der Waals surface area contributed by atoms with Crippen LogP contribution in [0.4, 0.5) is 4.79 Å². The molecule has 1 aromatic carbocycles. The van der Waals surface area contributed by atoms with Gasteiger partial charge in [0, 0.05) is 17.0 Å². The first kappa shape index (κ1) is 19.1. The normalized spacial score (nSPS) is 10.9. The van der Waals surface area contributed by atoms with Crippen molar-refractivity contribution in [2.45, 2.75) is 25.0 Å². The van der Waals surface area contributed by atoms with Crippen molar-refractivity contribution in [3.8, 4) is 11.1 Å². The number of aromatic amines is 1. The van der Waals surface area contributed by atoms with Crippen molar-refractivity contribution in [3.05, 3.63) is 46.1 Å². The summed E-state index contributed by atoms with van der Waals surface area (Å²) in [7, 11) is 0. The van der Waals surface area contributed by atoms with Gasteiger partial charge in [-0.15, -0.1) is 11.3 Å². The number of carbonyl (C=O) groups excluding carboxylic acids is 2. The molecule has 0 spiro atoms. The lowest BCUT2D eigenvalue weighted by Crippen LogP contribution is -2.43. The molecule has 0 atom stereocenters. The molecule has 2 aromatic heterocycles. The molecular weight excluding hydrogens is 384 g/mol. The van der Waals surface area contributed by atoms with Gasteiger partial charge in [0.05, 0.1) is 11.1 Å². The van der Waals surface area contributed by atoms with E-state index in [4.69, 9.17) is 0 Å². The number of rotatable bonds is 5. The summed E-state index contributed by atoms with van der Waals surface area (Å²) >= 11 is 2.45. The Balaban J connectivity index is 1.73. The summed E-state index contributed by atoms with van der Waals surface area (Å²) in [5, 5.41) is 7.59. The third-order valence-electron chi connectivity index (χ3n) is 3.52. The lowest BCUT2D eigenvalue weighted by Gasteiger charge is -2.08. The molecule has 0 unspecified atom stereocenters. The van der Waals surface area contributed by atoms with Crippen LogP contribution in [0.5, 0.6) is 0 Å². The number of thioether (sulfide) groups is 1. The summed E-state index contributed by atoms with van der Waals surface area (Å²) in [4.78, 5) is 43.6. The molecule has 0 bridgehead atoms. The molecule has 140 valence electrons. The monoisotopic (exact) mass is 402 g/mol. The van der Waals surface area contributed by atoms with Crippen molar-refractivity contribution in [2.24, 2.45) is 0 Å². The highest BCUT2D eigenvalue weighted by Gasteiger charge is 2.14. The van der Waals surface area contributed by atoms with E-state index in [1.165, 1.54) is 11.3 Å². The first-order valence-corrected chi connectivity index (χ1v) is 10.1. The Kier molecular flexibility index (Phi) is 5.92. The number of urea groups is 1. The highest BCUT2D eigenvalue weighted by Crippen LogP contribution is 2.31. The molecule has 0 aliphatic carbocycles. The minimum atomic E-state index is -0.543. The van der Waals surface area contributed by atoms with Gasteiger partial charge in [0.15, 0.2) is 5.16 Å². The zero-order valence-corrected chi connectivity index (χ0v) is 16.4. The molecule has 27 heavy (non-hydrogen) atoms. The zero-order valence-electron chi connectivity index (χ0n) is 14.7. The first-order chi connectivity index (χ1) is 12.9. The van der Waals surface area contributed by atoms with Crippen LogP contribution in [0.1, 0.15) is 13.8 Å². The van der Waals surface area contributed by atoms with E-state index < -0.39 is 11.9 Å². The number of amides is 3. The third kappa shape index (κ3) is 4.75. The lowest BCUT2D eigenvalue weighted by atomic mass is 10.1. The predicted octanol–water partition coefficient (Wildman–Crippen LogP) is 2.98. The summed E-state index contributed by atoms with van der Waals surface area (Å²) < 4.78 is 0. The average molecular weight is 403 g/mol. The Labute approximate surface area is 163 Å². The van der Waals surface area contributed by atoms with Gasteiger partial charge < -0.3 is 10.3 Å². The van der Waals surface area contributed by atoms with E-state index in [1.807, 2.05) is 35.7 Å². The Hall–Kier alpha value is -2.65. The number of hydrogen-bond donors (Lipinski definition) is 3. The predicted molar refractivity (Wildman–Crippen MR) is 108 cm³/mol. The average Bonchev–Trinajstić information content (AvgIpc) is 3.04. The second-order valence-electron chi connectivity index (χ2n) is 6.03. The maximum atomic E-state index is 12.5. The fraction of sp³-hybridized carbons (Fsp3) is 0.222. The zero-order chi connectivity index (χ0) is 19.4. The SMILES string of the molecule is CC(C)NC(=O)NC(=O)CSc1nc2scc(-c3ccccc3)c2c(=O)[nH]1. The number of fused-ring (bicyclic) bond motifs is 1. The largest absolute Gasteiger partial charge is 0.336 e. The molecule has 0 saturated heterocycles. The van der Waals surface area contributed by atoms with Crippen LogP contribution >= 0.6 is 23.1 Å². The number of carbonyl (C=O) groups is 2. The maximum absolute atomic E-state index is 12.5. The number of nitrogens with zero attached hydrogens (tertiary/aromatic N) is 1. The number of benzene rings is 1. The van der Waals surface area contributed by atoms with Crippen molar-refractivity contribution in [2.75, 3.05) is 5.75 Å². The standard InChI is InChI=1S/C18H18N4O3S2/c1-10(2)19-17(25)20-13(23)9-27-18-21-15(24)14-12(8-26-16(14)22-18)11-6-4-3-5-7-11/h3-8,10H,9H2,1-2H3,(H,21,22,24)(H2,19,20,23,25). The minimum Gasteiger partial charge on any atom is -0.336 e. The highest BCUT2D eigenvalue weighted by atomic mass is 32.2. The second kappa shape index (κ2) is 8.36. The Morgan fingerprint density at radius 2 is 2.00 bits per heavy atom. The Morgan fingerprint density at radius 3 is 2.70 bits per heavy atom. The molecule has 3 N–H and O–H groups in total. The Bertz CT molecular complexity index is 1030. The summed E-state index contributed by atoms with van der Waals surface area (Å²) in [6.07, 6.45) is 0. The molecule has 3 amide bonds. The molecule has 9 heteroatoms. The number of thiophene rings is 1. The number of H-pyrrole nitrogens is 1. The van der Waals surface area contributed by atoms with E-state index >= 15 is 0 Å². The van der Waals surface area contributed by atoms with Crippen LogP contribution in [0.3, 0.4) is 0 Å². The smallest absolute Gasteiger partial charge is 0.321 e. The van der Waals surface area contributed by atoms with Crippen LogP contribution in [0.25, 0.3) is 21.3 Å². The van der Waals surface area contributed by atoms with E-state index in [1.54, 1.807) is 13.8 Å². The summed E-state index contributed by atoms with van der Waals surface area (Å²) in [5.41, 5.74) is 1.54. The van der Waals surface area contributed by atoms with Crippen molar-refractivity contribution in [1.29, 1.82) is 0 Å². The molecule has 3 aromatic rings. The van der Waals surface area contributed by atoms with Gasteiger partial charge in [-0.2, -0.15) is 0 Å². The van der Waals surface area contributed by atoms with E-state index in [2.05, 4.69) is 20.6 Å². The van der Waals surface area contributed by atoms with Crippen molar-refractivity contribution in [1.82, 2.24) is 20.6 Å². The van der Waals surface area contributed by atoms with Crippen LogP contribution in [0.2, 0.25) is 0 Å². The highest BCUT2D eigenvalue weighted by molar-refractivity contribution is 7.99. The Morgan fingerprint density at radius 1 is 1.26 bits per heavy atom. The number of imide groups is 1. The van der Waals surface area contributed by atoms with Gasteiger partial charge in [0.25, 0.3) is 5.56 Å². The fourth-order valence-electron chi connectivity index (χ4n) is 2.42. The van der Waals surface area contributed by atoms with E-state index in [0.29, 0.717) is 15.4 Å². The van der Waals surface area contributed by atoms with E-state index in [0.717, 1.165) is 22.9 Å². The molecule has 0 aliphatic rings. The van der Waals surface area contributed by atoms with Crippen molar-refractivity contribution >= 4 is 45.3 Å². The fourth-order valence-corrected chi connectivity index (χ4v) is 4.09. The second-order valence-corrected chi connectivity index (χ2v) is 7.85. The maximum Gasteiger partial charge on any atom is 0.321 e. The first-order valence-electron chi connectivity index (χ1n) is 8.24. The quantitative estimate of drug-likeness (QED) is 0.450. The topological polar surface area (TPSA) is 104 Å². The molecule has 3 rings (SSSR count). The third-order valence-corrected chi connectivity index (χ3v) is 5.27. The van der Waals surface area contributed by atoms with Crippen LogP contribution in [0, 0.1) is 0 Å². The van der Waals surface area contributed by atoms with Gasteiger partial charge in [-0.25, -0.2) is 9.78 Å². The molecule has 0 fully saturated rings.